The van der Waals surface area contributed by atoms with Crippen molar-refractivity contribution in [3.05, 3.63) is 0 Å². The molecule has 0 bridgehead atoms. The van der Waals surface area contributed by atoms with Gasteiger partial charge in [-0.1, -0.05) is 0 Å². The first-order valence-electron chi connectivity index (χ1n) is 2.66. The molecule has 0 rings (SSSR count). The van der Waals surface area contributed by atoms with E-state index in [1.807, 2.05) is 0 Å². The number of aliphatic hydroxyl groups excluding tert-OH is 1. The molecule has 0 aromatic rings. The predicted molar refractivity (Wildman–Crippen MR) is 41.0 cm³/mol. The van der Waals surface area contributed by atoms with Gasteiger partial charge in [0, 0.05) is 13.7 Å². The lowest BCUT2D eigenvalue weighted by molar-refractivity contribution is 0.292. The molecule has 1 N–H and O–H groups in total. The van der Waals surface area contributed by atoms with Crippen LogP contribution in [-0.2, 0) is 4.43 Å². The van der Waals surface area contributed by atoms with Gasteiger partial charge in [-0.05, 0) is 12.5 Å². The SMILES string of the molecule is CO[Si](Cl)(Cl)CCCO. The summed E-state index contributed by atoms with van der Waals surface area (Å²) in [4.78, 5) is 0. The van der Waals surface area contributed by atoms with E-state index in [-0.39, 0.29) is 6.61 Å². The van der Waals surface area contributed by atoms with Crippen molar-refractivity contribution >= 4 is 29.1 Å². The lowest BCUT2D eigenvalue weighted by Crippen LogP contribution is -2.22. The molecule has 0 saturated carbocycles. The van der Waals surface area contributed by atoms with Crippen LogP contribution in [0, 0.1) is 0 Å². The lowest BCUT2D eigenvalue weighted by atomic mass is 10.5. The predicted octanol–water partition coefficient (Wildman–Crippen LogP) is 1.43. The summed E-state index contributed by atoms with van der Waals surface area (Å²) < 4.78 is 4.80. The molecule has 2 nitrogen and oxygen atoms in total. The molecule has 0 atom stereocenters. The Hall–Kier alpha value is 0.717. The van der Waals surface area contributed by atoms with E-state index in [1.54, 1.807) is 0 Å². The van der Waals surface area contributed by atoms with Crippen molar-refractivity contribution in [2.24, 2.45) is 0 Å². The van der Waals surface area contributed by atoms with Gasteiger partial charge in [0.2, 0.25) is 0 Å². The van der Waals surface area contributed by atoms with Gasteiger partial charge in [-0.3, -0.25) is 0 Å². The normalized spacial score (nSPS) is 12.0. The van der Waals surface area contributed by atoms with Gasteiger partial charge in [0.15, 0.2) is 0 Å². The first kappa shape index (κ1) is 9.72. The Bertz CT molecular complexity index is 79.0. The van der Waals surface area contributed by atoms with E-state index in [4.69, 9.17) is 31.7 Å². The van der Waals surface area contributed by atoms with E-state index >= 15 is 0 Å². The van der Waals surface area contributed by atoms with Gasteiger partial charge >= 0.3 is 6.94 Å². The third kappa shape index (κ3) is 5.18. The molecule has 0 unspecified atom stereocenters. The molecule has 0 aliphatic carbocycles. The molecule has 56 valence electrons. The zero-order chi connectivity index (χ0) is 7.33. The Balaban J connectivity index is 3.33. The Morgan fingerprint density at radius 3 is 2.44 bits per heavy atom. The van der Waals surface area contributed by atoms with Gasteiger partial charge in [0.05, 0.1) is 0 Å². The molecular formula is C4H10Cl2O2Si. The highest BCUT2D eigenvalue weighted by Gasteiger charge is 2.27. The largest absolute Gasteiger partial charge is 0.396 e. The molecule has 5 heteroatoms. The second kappa shape index (κ2) is 4.52. The number of hydrogen-bond donors (Lipinski definition) is 1. The van der Waals surface area contributed by atoms with Crippen LogP contribution in [0.4, 0.5) is 0 Å². The van der Waals surface area contributed by atoms with Crippen LogP contribution in [0.15, 0.2) is 0 Å². The van der Waals surface area contributed by atoms with Crippen molar-refractivity contribution in [1.82, 2.24) is 0 Å². The Labute approximate surface area is 65.3 Å². The fourth-order valence-electron chi connectivity index (χ4n) is 0.387. The summed E-state index contributed by atoms with van der Waals surface area (Å²) in [5, 5.41) is 8.37. The van der Waals surface area contributed by atoms with Crippen LogP contribution in [0.1, 0.15) is 6.42 Å². The molecule has 0 aromatic heterocycles. The number of aliphatic hydroxyl groups is 1. The first-order valence-corrected chi connectivity index (χ1v) is 6.80. The van der Waals surface area contributed by atoms with Crippen LogP contribution in [-0.4, -0.2) is 25.8 Å². The molecule has 0 aliphatic heterocycles. The Kier molecular flexibility index (Phi) is 4.88. The van der Waals surface area contributed by atoms with E-state index in [0.29, 0.717) is 12.5 Å². The van der Waals surface area contributed by atoms with Gasteiger partial charge < -0.3 is 9.53 Å². The second-order valence-corrected chi connectivity index (χ2v) is 8.10. The minimum absolute atomic E-state index is 0.123. The summed E-state index contributed by atoms with van der Waals surface area (Å²) in [6.07, 6.45) is 0.618. The number of halogens is 2. The minimum atomic E-state index is -2.41. The van der Waals surface area contributed by atoms with E-state index in [0.717, 1.165) is 0 Å². The van der Waals surface area contributed by atoms with E-state index < -0.39 is 6.94 Å². The van der Waals surface area contributed by atoms with E-state index in [9.17, 15) is 0 Å². The lowest BCUT2D eigenvalue weighted by Gasteiger charge is -2.11. The summed E-state index contributed by atoms with van der Waals surface area (Å²) in [7, 11) is 1.49. The maximum absolute atomic E-state index is 8.37. The summed E-state index contributed by atoms with van der Waals surface area (Å²) in [6.45, 7) is -2.29. The maximum Gasteiger partial charge on any atom is 0.389 e. The zero-order valence-corrected chi connectivity index (χ0v) is 7.74. The van der Waals surface area contributed by atoms with Crippen molar-refractivity contribution in [3.63, 3.8) is 0 Å². The summed E-state index contributed by atoms with van der Waals surface area (Å²) in [6, 6.07) is 0.586. The van der Waals surface area contributed by atoms with Crippen molar-refractivity contribution in [1.29, 1.82) is 0 Å². The van der Waals surface area contributed by atoms with Crippen molar-refractivity contribution in [3.8, 4) is 0 Å². The molecule has 0 aliphatic rings. The summed E-state index contributed by atoms with van der Waals surface area (Å²) in [5.41, 5.74) is 0. The van der Waals surface area contributed by atoms with Crippen LogP contribution in [0.3, 0.4) is 0 Å². The maximum atomic E-state index is 8.37. The van der Waals surface area contributed by atoms with Crippen LogP contribution in [0.2, 0.25) is 6.04 Å². The molecule has 0 amide bonds. The second-order valence-electron chi connectivity index (χ2n) is 1.67. The molecule has 0 radical (unpaired) electrons. The fraction of sp³-hybridized carbons (Fsp3) is 1.00. The molecule has 9 heavy (non-hydrogen) atoms. The molecular weight excluding hydrogens is 179 g/mol. The minimum Gasteiger partial charge on any atom is -0.396 e. The topological polar surface area (TPSA) is 29.5 Å². The summed E-state index contributed by atoms with van der Waals surface area (Å²) in [5.74, 6) is 0. The fourth-order valence-corrected chi connectivity index (χ4v) is 1.96. The first-order chi connectivity index (χ1) is 4.12. The van der Waals surface area contributed by atoms with Crippen LogP contribution in [0.5, 0.6) is 0 Å². The molecule has 0 saturated heterocycles. The highest BCUT2D eigenvalue weighted by atomic mass is 35.7. The smallest absolute Gasteiger partial charge is 0.389 e. The Morgan fingerprint density at radius 1 is 1.56 bits per heavy atom. The standard InChI is InChI=1S/C4H10Cl2O2Si/c1-8-9(5,6)4-2-3-7/h7H,2-4H2,1H3. The zero-order valence-electron chi connectivity index (χ0n) is 5.23. The number of hydrogen-bond acceptors (Lipinski definition) is 2. The van der Waals surface area contributed by atoms with Crippen molar-refractivity contribution in [2.75, 3.05) is 13.7 Å². The monoisotopic (exact) mass is 188 g/mol. The Morgan fingerprint density at radius 2 is 2.11 bits per heavy atom. The van der Waals surface area contributed by atoms with Gasteiger partial charge in [-0.2, -0.15) is 0 Å². The van der Waals surface area contributed by atoms with Crippen LogP contribution < -0.4 is 0 Å². The molecule has 0 spiro atoms. The molecule has 0 fully saturated rings. The highest BCUT2D eigenvalue weighted by Crippen LogP contribution is 2.21. The van der Waals surface area contributed by atoms with Gasteiger partial charge in [0.25, 0.3) is 0 Å². The highest BCUT2D eigenvalue weighted by molar-refractivity contribution is 7.42. The van der Waals surface area contributed by atoms with Crippen LogP contribution >= 0.6 is 22.2 Å². The van der Waals surface area contributed by atoms with Gasteiger partial charge in [-0.25, -0.2) is 0 Å². The van der Waals surface area contributed by atoms with Crippen molar-refractivity contribution in [2.45, 2.75) is 12.5 Å². The van der Waals surface area contributed by atoms with Gasteiger partial charge in [-0.15, -0.1) is 22.2 Å². The number of rotatable bonds is 4. The van der Waals surface area contributed by atoms with E-state index in [1.165, 1.54) is 7.11 Å². The molecule has 0 aromatic carbocycles. The van der Waals surface area contributed by atoms with E-state index in [2.05, 4.69) is 0 Å². The average Bonchev–Trinajstić information content (AvgIpc) is 1.84. The average molecular weight is 189 g/mol. The quantitative estimate of drug-likeness (QED) is 0.535. The summed E-state index contributed by atoms with van der Waals surface area (Å²) >= 11 is 11.3. The molecule has 0 heterocycles. The van der Waals surface area contributed by atoms with Crippen molar-refractivity contribution < 1.29 is 9.53 Å². The third-order valence-electron chi connectivity index (χ3n) is 0.925. The third-order valence-corrected chi connectivity index (χ3v) is 4.52. The van der Waals surface area contributed by atoms with Gasteiger partial charge in [0.1, 0.15) is 0 Å². The van der Waals surface area contributed by atoms with Crippen LogP contribution in [0.25, 0.3) is 0 Å².